The number of carbonyl (C=O) groups is 4. The maximum absolute atomic E-state index is 13.9. The van der Waals surface area contributed by atoms with E-state index in [9.17, 15) is 32.3 Å². The zero-order valence-electron chi connectivity index (χ0n) is 23.5. The van der Waals surface area contributed by atoms with Gasteiger partial charge in [0.1, 0.15) is 12.6 Å². The van der Waals surface area contributed by atoms with Crippen LogP contribution in [0.2, 0.25) is 0 Å². The molecule has 0 saturated heterocycles. The molecule has 0 spiro atoms. The van der Waals surface area contributed by atoms with Crippen LogP contribution in [-0.4, -0.2) is 58.6 Å². The van der Waals surface area contributed by atoms with E-state index in [1.54, 1.807) is 0 Å². The number of fused-ring (bicyclic) bond motifs is 1. The summed E-state index contributed by atoms with van der Waals surface area (Å²) in [5.74, 6) is -2.22. The van der Waals surface area contributed by atoms with Gasteiger partial charge in [0.15, 0.2) is 11.5 Å². The predicted molar refractivity (Wildman–Crippen MR) is 146 cm³/mol. The molecule has 0 unspecified atom stereocenters. The second-order valence-electron chi connectivity index (χ2n) is 11.5. The van der Waals surface area contributed by atoms with E-state index in [0.717, 1.165) is 4.68 Å². The Morgan fingerprint density at radius 3 is 2.45 bits per heavy atom. The molecule has 228 valence electrons. The second kappa shape index (κ2) is 12.1. The maximum Gasteiger partial charge on any atom is 0.435 e. The van der Waals surface area contributed by atoms with E-state index in [-0.39, 0.29) is 67.3 Å². The standard InChI is InChI=1S/C28H35F3N6O5/c1-27(2)12-20-24(21(38)13-27)25(28(29,30)31)36-37(20)16-5-8-18(26(33)41)19(11-16)35-15-3-6-17(7-4-15)42-23(40)14-34-22(39)9-10-32/h5,8,11,15,17,35H,3-4,6-7,9-10,12-14,32H2,1-2H3,(H2,33,41)(H,34,39). The number of carbonyl (C=O) groups excluding carboxylic acids is 4. The minimum absolute atomic E-state index is 0.0247. The fourth-order valence-electron chi connectivity index (χ4n) is 5.52. The fraction of sp³-hybridized carbons (Fsp3) is 0.536. The van der Waals surface area contributed by atoms with Crippen LogP contribution in [0.1, 0.15) is 84.5 Å². The normalized spacial score (nSPS) is 20.0. The summed E-state index contributed by atoms with van der Waals surface area (Å²) in [5, 5.41) is 9.55. The molecule has 1 aromatic heterocycles. The van der Waals surface area contributed by atoms with Crippen LogP contribution in [0.5, 0.6) is 0 Å². The Labute approximate surface area is 240 Å². The summed E-state index contributed by atoms with van der Waals surface area (Å²) in [6, 6.07) is 4.24. The van der Waals surface area contributed by atoms with Gasteiger partial charge in [-0.1, -0.05) is 13.8 Å². The third-order valence-electron chi connectivity index (χ3n) is 7.46. The number of nitrogens with zero attached hydrogens (tertiary/aromatic N) is 2. The average molecular weight is 593 g/mol. The van der Waals surface area contributed by atoms with Gasteiger partial charge < -0.3 is 26.8 Å². The molecule has 42 heavy (non-hydrogen) atoms. The number of hydrogen-bond acceptors (Lipinski definition) is 8. The molecule has 14 heteroatoms. The van der Waals surface area contributed by atoms with Crippen molar-refractivity contribution in [1.82, 2.24) is 15.1 Å². The molecule has 2 amide bonds. The number of alkyl halides is 3. The molecule has 1 fully saturated rings. The first kappa shape index (κ1) is 31.0. The molecule has 1 heterocycles. The number of benzene rings is 1. The zero-order valence-corrected chi connectivity index (χ0v) is 23.5. The Morgan fingerprint density at radius 2 is 1.83 bits per heavy atom. The lowest BCUT2D eigenvalue weighted by molar-refractivity contribution is -0.150. The average Bonchev–Trinajstić information content (AvgIpc) is 3.28. The van der Waals surface area contributed by atoms with E-state index in [0.29, 0.717) is 31.4 Å². The van der Waals surface area contributed by atoms with Crippen LogP contribution in [0.4, 0.5) is 18.9 Å². The SMILES string of the molecule is CC1(C)CC(=O)c2c(C(F)(F)F)nn(-c3ccc(C(N)=O)c(NC4CCC(OC(=O)CNC(=O)CCN)CC4)c3)c2C1. The van der Waals surface area contributed by atoms with Gasteiger partial charge in [-0.05, 0) is 55.7 Å². The molecule has 1 saturated carbocycles. The third kappa shape index (κ3) is 7.09. The van der Waals surface area contributed by atoms with Gasteiger partial charge in [-0.15, -0.1) is 0 Å². The number of halogens is 3. The Balaban J connectivity index is 1.52. The zero-order chi connectivity index (χ0) is 30.8. The van der Waals surface area contributed by atoms with Gasteiger partial charge in [0.2, 0.25) is 5.91 Å². The minimum atomic E-state index is -4.82. The third-order valence-corrected chi connectivity index (χ3v) is 7.46. The largest absolute Gasteiger partial charge is 0.461 e. The van der Waals surface area contributed by atoms with E-state index in [2.05, 4.69) is 15.7 Å². The highest BCUT2D eigenvalue weighted by molar-refractivity contribution is 6.00. The number of nitrogens with two attached hydrogens (primary N) is 2. The van der Waals surface area contributed by atoms with Gasteiger partial charge in [0.05, 0.1) is 22.5 Å². The van der Waals surface area contributed by atoms with Crippen molar-refractivity contribution in [3.05, 3.63) is 40.7 Å². The summed E-state index contributed by atoms with van der Waals surface area (Å²) in [5.41, 5.74) is 9.59. The number of primary amides is 1. The summed E-state index contributed by atoms with van der Waals surface area (Å²) in [7, 11) is 0. The van der Waals surface area contributed by atoms with Gasteiger partial charge in [0.25, 0.3) is 5.91 Å². The van der Waals surface area contributed by atoms with Crippen molar-refractivity contribution in [2.75, 3.05) is 18.4 Å². The minimum Gasteiger partial charge on any atom is -0.461 e. The van der Waals surface area contributed by atoms with Gasteiger partial charge in [-0.25, -0.2) is 4.68 Å². The van der Waals surface area contributed by atoms with Crippen molar-refractivity contribution in [3.63, 3.8) is 0 Å². The highest BCUT2D eigenvalue weighted by atomic mass is 19.4. The molecule has 0 atom stereocenters. The van der Waals surface area contributed by atoms with Crippen molar-refractivity contribution in [2.24, 2.45) is 16.9 Å². The van der Waals surface area contributed by atoms with Gasteiger partial charge in [-0.3, -0.25) is 19.2 Å². The molecule has 0 aliphatic heterocycles. The first-order valence-corrected chi connectivity index (χ1v) is 13.8. The summed E-state index contributed by atoms with van der Waals surface area (Å²) >= 11 is 0. The van der Waals surface area contributed by atoms with Gasteiger partial charge in [0, 0.05) is 31.1 Å². The Morgan fingerprint density at radius 1 is 1.14 bits per heavy atom. The second-order valence-corrected chi connectivity index (χ2v) is 11.5. The Bertz CT molecular complexity index is 1380. The number of aromatic nitrogens is 2. The van der Waals surface area contributed by atoms with E-state index >= 15 is 0 Å². The van der Waals surface area contributed by atoms with Crippen molar-refractivity contribution in [2.45, 2.75) is 77.1 Å². The number of anilines is 1. The summed E-state index contributed by atoms with van der Waals surface area (Å²) < 4.78 is 48.3. The first-order chi connectivity index (χ1) is 19.7. The van der Waals surface area contributed by atoms with E-state index in [1.165, 1.54) is 18.2 Å². The Kier molecular flexibility index (Phi) is 8.95. The summed E-state index contributed by atoms with van der Waals surface area (Å²) in [4.78, 5) is 48.6. The Hall–Kier alpha value is -3.94. The lowest BCUT2D eigenvalue weighted by atomic mass is 9.75. The van der Waals surface area contributed by atoms with Crippen LogP contribution in [0.3, 0.4) is 0 Å². The van der Waals surface area contributed by atoms with E-state index in [1.807, 2.05) is 13.8 Å². The number of rotatable bonds is 9. The smallest absolute Gasteiger partial charge is 0.435 e. The van der Waals surface area contributed by atoms with Crippen LogP contribution >= 0.6 is 0 Å². The number of ketones is 1. The molecule has 2 aliphatic carbocycles. The maximum atomic E-state index is 13.9. The molecule has 0 bridgehead atoms. The molecular formula is C28H35F3N6O5. The number of Topliss-reactive ketones (excluding diaryl/α,β-unsaturated/α-hetero) is 1. The predicted octanol–water partition coefficient (Wildman–Crippen LogP) is 2.88. The van der Waals surface area contributed by atoms with Crippen LogP contribution < -0.4 is 22.1 Å². The van der Waals surface area contributed by atoms with Crippen LogP contribution in [-0.2, 0) is 26.9 Å². The number of esters is 1. The summed E-state index contributed by atoms with van der Waals surface area (Å²) in [6.45, 7) is 3.55. The molecule has 4 rings (SSSR count). The van der Waals surface area contributed by atoms with Gasteiger partial charge >= 0.3 is 12.1 Å². The highest BCUT2D eigenvalue weighted by Crippen LogP contribution is 2.42. The molecule has 11 nitrogen and oxygen atoms in total. The lowest BCUT2D eigenvalue weighted by Gasteiger charge is -2.30. The first-order valence-electron chi connectivity index (χ1n) is 13.8. The fourth-order valence-corrected chi connectivity index (χ4v) is 5.52. The number of amides is 2. The van der Waals surface area contributed by atoms with E-state index in [4.69, 9.17) is 16.2 Å². The van der Waals surface area contributed by atoms with Crippen molar-refractivity contribution < 1.29 is 37.1 Å². The lowest BCUT2D eigenvalue weighted by Crippen LogP contribution is -2.36. The number of ether oxygens (including phenoxy) is 1. The van der Waals surface area contributed by atoms with Crippen LogP contribution in [0, 0.1) is 5.41 Å². The van der Waals surface area contributed by atoms with Crippen molar-refractivity contribution >= 4 is 29.3 Å². The molecule has 2 aromatic rings. The highest BCUT2D eigenvalue weighted by Gasteiger charge is 2.45. The number of nitrogens with one attached hydrogen (secondary N) is 2. The molecule has 6 N–H and O–H groups in total. The van der Waals surface area contributed by atoms with Crippen LogP contribution in [0.25, 0.3) is 5.69 Å². The van der Waals surface area contributed by atoms with Crippen LogP contribution in [0.15, 0.2) is 18.2 Å². The van der Waals surface area contributed by atoms with Crippen molar-refractivity contribution in [3.8, 4) is 5.69 Å². The molecular weight excluding hydrogens is 557 g/mol. The quantitative estimate of drug-likeness (QED) is 0.322. The molecule has 2 aliphatic rings. The van der Waals surface area contributed by atoms with Crippen molar-refractivity contribution in [1.29, 1.82) is 0 Å². The van der Waals surface area contributed by atoms with Gasteiger partial charge in [-0.2, -0.15) is 18.3 Å². The molecule has 1 aromatic carbocycles. The number of hydrogen-bond donors (Lipinski definition) is 4. The molecule has 0 radical (unpaired) electrons. The van der Waals surface area contributed by atoms with E-state index < -0.39 is 40.5 Å². The monoisotopic (exact) mass is 592 g/mol. The topological polar surface area (TPSA) is 171 Å². The summed E-state index contributed by atoms with van der Waals surface area (Å²) in [6.07, 6.45) is -2.70.